The van der Waals surface area contributed by atoms with Crippen molar-refractivity contribution < 1.29 is 14.3 Å². The quantitative estimate of drug-likeness (QED) is 0.267. The number of hydrogen-bond donors (Lipinski definition) is 1. The van der Waals surface area contributed by atoms with Gasteiger partial charge in [-0.25, -0.2) is 0 Å². The number of carbonyl (C=O) groups excluding carboxylic acids is 1. The number of thioether (sulfide) groups is 1. The van der Waals surface area contributed by atoms with Crippen molar-refractivity contribution in [1.29, 1.82) is 0 Å². The molecule has 0 spiro atoms. The first-order valence-corrected chi connectivity index (χ1v) is 13.0. The van der Waals surface area contributed by atoms with E-state index in [1.807, 2.05) is 48.5 Å². The predicted octanol–water partition coefficient (Wildman–Crippen LogP) is 5.78. The number of nitrogens with one attached hydrogen (secondary N) is 1. The first-order chi connectivity index (χ1) is 17.6. The van der Waals surface area contributed by atoms with Crippen LogP contribution in [0.2, 0.25) is 0 Å². The van der Waals surface area contributed by atoms with Crippen molar-refractivity contribution in [3.8, 4) is 11.5 Å². The van der Waals surface area contributed by atoms with Crippen molar-refractivity contribution in [2.24, 2.45) is 10.2 Å². The number of amides is 1. The maximum atomic E-state index is 12.4. The van der Waals surface area contributed by atoms with Gasteiger partial charge in [0.2, 0.25) is 5.91 Å². The van der Waals surface area contributed by atoms with Crippen molar-refractivity contribution in [1.82, 2.24) is 5.32 Å². The Morgan fingerprint density at radius 2 is 1.75 bits per heavy atom. The van der Waals surface area contributed by atoms with Gasteiger partial charge in [-0.2, -0.15) is 5.10 Å². The van der Waals surface area contributed by atoms with Crippen molar-refractivity contribution in [2.45, 2.75) is 44.5 Å². The fourth-order valence-corrected chi connectivity index (χ4v) is 4.76. The molecular weight excluding hydrogens is 470 g/mol. The number of hydrogen-bond acceptors (Lipinski definition) is 6. The Balaban J connectivity index is 1.32. The first kappa shape index (κ1) is 25.5. The van der Waals surface area contributed by atoms with Crippen LogP contribution in [0.1, 0.15) is 42.0 Å². The minimum Gasteiger partial charge on any atom is -0.493 e. The Kier molecular flexibility index (Phi) is 9.16. The summed E-state index contributed by atoms with van der Waals surface area (Å²) in [6, 6.07) is 24.1. The van der Waals surface area contributed by atoms with Gasteiger partial charge in [0.25, 0.3) is 0 Å². The van der Waals surface area contributed by atoms with E-state index >= 15 is 0 Å². The lowest BCUT2D eigenvalue weighted by atomic mass is 10.0. The summed E-state index contributed by atoms with van der Waals surface area (Å²) in [5, 5.41) is 11.5. The van der Waals surface area contributed by atoms with Crippen LogP contribution in [0.4, 0.5) is 0 Å². The minimum atomic E-state index is -0.207. The summed E-state index contributed by atoms with van der Waals surface area (Å²) in [4.78, 5) is 12.4. The van der Waals surface area contributed by atoms with Crippen molar-refractivity contribution >= 4 is 29.1 Å². The molecule has 36 heavy (non-hydrogen) atoms. The van der Waals surface area contributed by atoms with E-state index < -0.39 is 0 Å². The molecule has 0 aromatic heterocycles. The summed E-state index contributed by atoms with van der Waals surface area (Å²) in [6.07, 6.45) is 5.77. The predicted molar refractivity (Wildman–Crippen MR) is 147 cm³/mol. The molecule has 1 aliphatic rings. The Morgan fingerprint density at radius 3 is 2.50 bits per heavy atom. The van der Waals surface area contributed by atoms with E-state index in [0.29, 0.717) is 29.7 Å². The summed E-state index contributed by atoms with van der Waals surface area (Å²) in [7, 11) is 1.61. The third kappa shape index (κ3) is 7.21. The van der Waals surface area contributed by atoms with Crippen LogP contribution in [0, 0.1) is 0 Å². The summed E-state index contributed by atoms with van der Waals surface area (Å²) in [6.45, 7) is 2.66. The van der Waals surface area contributed by atoms with E-state index in [9.17, 15) is 4.79 Å². The molecule has 1 fully saturated rings. The molecule has 0 radical (unpaired) electrons. The molecule has 0 aliphatic carbocycles. The van der Waals surface area contributed by atoms with Crippen LogP contribution in [0.15, 0.2) is 83.0 Å². The third-order valence-electron chi connectivity index (χ3n) is 5.82. The molecule has 1 N–H and O–H groups in total. The second kappa shape index (κ2) is 12.9. The minimum absolute atomic E-state index is 0.0365. The van der Waals surface area contributed by atoms with E-state index in [2.05, 4.69) is 46.7 Å². The first-order valence-electron chi connectivity index (χ1n) is 12.2. The molecular formula is C29H31N3O3S. The van der Waals surface area contributed by atoms with Crippen LogP contribution in [-0.4, -0.2) is 29.6 Å². The van der Waals surface area contributed by atoms with E-state index in [4.69, 9.17) is 9.47 Å². The zero-order valence-electron chi connectivity index (χ0n) is 20.6. The number of nitrogens with zero attached hydrogens (tertiary/aromatic N) is 2. The zero-order valence-corrected chi connectivity index (χ0v) is 21.5. The second-order valence-corrected chi connectivity index (χ2v) is 9.75. The number of rotatable bonds is 11. The van der Waals surface area contributed by atoms with Gasteiger partial charge in [-0.05, 0) is 59.7 Å². The average molecular weight is 502 g/mol. The molecule has 1 heterocycles. The molecule has 3 aromatic carbocycles. The largest absolute Gasteiger partial charge is 0.493 e. The molecule has 0 bridgehead atoms. The molecule has 1 amide bonds. The number of unbranched alkanes of at least 4 members (excludes halogenated alkanes) is 1. The molecule has 6 nitrogen and oxygen atoms in total. The lowest BCUT2D eigenvalue weighted by Crippen LogP contribution is -2.25. The maximum absolute atomic E-state index is 12.4. The smallest absolute Gasteiger partial charge is 0.239 e. The van der Waals surface area contributed by atoms with Crippen LogP contribution < -0.4 is 14.8 Å². The monoisotopic (exact) mass is 501 g/mol. The Labute approximate surface area is 216 Å². The molecule has 1 atom stereocenters. The molecule has 1 aliphatic heterocycles. The molecule has 3 aromatic rings. The van der Waals surface area contributed by atoms with E-state index in [1.165, 1.54) is 30.2 Å². The van der Waals surface area contributed by atoms with Crippen LogP contribution in [-0.2, 0) is 24.2 Å². The number of ether oxygens (including phenoxy) is 2. The SMILES string of the molecule is CCCCc1ccc(C[C@H]2S/C(=N\N=C/c3ccc(OCc4ccccc4)c(OC)c3)NC2=O)cc1. The van der Waals surface area contributed by atoms with Gasteiger partial charge in [-0.15, -0.1) is 5.10 Å². The number of benzene rings is 3. The highest BCUT2D eigenvalue weighted by Crippen LogP contribution is 2.28. The fourth-order valence-electron chi connectivity index (χ4n) is 3.79. The summed E-state index contributed by atoms with van der Waals surface area (Å²) < 4.78 is 11.4. The molecule has 4 rings (SSSR count). The number of carbonyl (C=O) groups is 1. The van der Waals surface area contributed by atoms with Gasteiger partial charge in [-0.1, -0.05) is 79.7 Å². The highest BCUT2D eigenvalue weighted by molar-refractivity contribution is 8.15. The normalized spacial score (nSPS) is 16.4. The van der Waals surface area contributed by atoms with E-state index in [-0.39, 0.29) is 11.2 Å². The van der Waals surface area contributed by atoms with Crippen molar-refractivity contribution in [2.75, 3.05) is 7.11 Å². The molecule has 0 unspecified atom stereocenters. The highest BCUT2D eigenvalue weighted by Gasteiger charge is 2.30. The number of aryl methyl sites for hydroxylation is 1. The zero-order chi connectivity index (χ0) is 25.2. The Hall–Kier alpha value is -3.58. The molecule has 186 valence electrons. The molecule has 1 saturated heterocycles. The van der Waals surface area contributed by atoms with Gasteiger partial charge in [0.05, 0.1) is 18.6 Å². The van der Waals surface area contributed by atoms with Crippen LogP contribution in [0.5, 0.6) is 11.5 Å². The molecule has 0 saturated carbocycles. The number of methoxy groups -OCH3 is 1. The van der Waals surface area contributed by atoms with Crippen LogP contribution in [0.25, 0.3) is 0 Å². The lowest BCUT2D eigenvalue weighted by Gasteiger charge is -2.11. The van der Waals surface area contributed by atoms with Crippen LogP contribution >= 0.6 is 11.8 Å². The highest BCUT2D eigenvalue weighted by atomic mass is 32.2. The van der Waals surface area contributed by atoms with Crippen molar-refractivity contribution in [3.63, 3.8) is 0 Å². The summed E-state index contributed by atoms with van der Waals surface area (Å²) in [5.41, 5.74) is 4.39. The number of amidine groups is 1. The van der Waals surface area contributed by atoms with Gasteiger partial charge >= 0.3 is 0 Å². The Morgan fingerprint density at radius 1 is 0.972 bits per heavy atom. The lowest BCUT2D eigenvalue weighted by molar-refractivity contribution is -0.118. The Bertz CT molecular complexity index is 1210. The summed E-state index contributed by atoms with van der Waals surface area (Å²) in [5.74, 6) is 1.24. The average Bonchev–Trinajstić information content (AvgIpc) is 3.26. The van der Waals surface area contributed by atoms with Gasteiger partial charge in [0, 0.05) is 0 Å². The van der Waals surface area contributed by atoms with Gasteiger partial charge in [0.1, 0.15) is 6.61 Å². The van der Waals surface area contributed by atoms with E-state index in [0.717, 1.165) is 23.1 Å². The second-order valence-electron chi connectivity index (χ2n) is 8.55. The van der Waals surface area contributed by atoms with Gasteiger partial charge in [0.15, 0.2) is 16.7 Å². The summed E-state index contributed by atoms with van der Waals surface area (Å²) >= 11 is 1.41. The topological polar surface area (TPSA) is 72.3 Å². The van der Waals surface area contributed by atoms with Gasteiger partial charge in [-0.3, -0.25) is 4.79 Å². The standard InChI is InChI=1S/C29H31N3O3S/c1-3-4-8-21-11-13-22(14-12-21)18-27-28(33)31-29(36-27)32-30-19-24-15-16-25(26(17-24)34-2)35-20-23-9-6-5-7-10-23/h5-7,9-17,19,27H,3-4,8,18,20H2,1-2H3,(H,31,32,33)/b30-19-/t27-/m1/s1. The van der Waals surface area contributed by atoms with Crippen LogP contribution in [0.3, 0.4) is 0 Å². The fraction of sp³-hybridized carbons (Fsp3) is 0.276. The maximum Gasteiger partial charge on any atom is 0.239 e. The van der Waals surface area contributed by atoms with E-state index in [1.54, 1.807) is 13.3 Å². The van der Waals surface area contributed by atoms with Gasteiger partial charge < -0.3 is 14.8 Å². The third-order valence-corrected chi connectivity index (χ3v) is 6.89. The molecule has 7 heteroatoms. The van der Waals surface area contributed by atoms with Crippen molar-refractivity contribution in [3.05, 3.63) is 95.1 Å².